The lowest BCUT2D eigenvalue weighted by Crippen LogP contribution is -2.24. The van der Waals surface area contributed by atoms with Crippen LogP contribution in [0.5, 0.6) is 0 Å². The van der Waals surface area contributed by atoms with Crippen LogP contribution in [0.1, 0.15) is 30.9 Å². The molecule has 0 aliphatic carbocycles. The monoisotopic (exact) mass is 196 g/mol. The number of aldehydes is 1. The van der Waals surface area contributed by atoms with Gasteiger partial charge in [0, 0.05) is 20.1 Å². The number of aromatic nitrogens is 3. The van der Waals surface area contributed by atoms with E-state index in [1.807, 2.05) is 11.8 Å². The Balaban J connectivity index is 2.87. The maximum atomic E-state index is 10.6. The molecule has 0 saturated heterocycles. The van der Waals surface area contributed by atoms with Crippen molar-refractivity contribution >= 4 is 12.2 Å². The summed E-state index contributed by atoms with van der Waals surface area (Å²) in [5.41, 5.74) is 0. The van der Waals surface area contributed by atoms with Gasteiger partial charge in [-0.2, -0.15) is 4.98 Å². The third kappa shape index (κ3) is 2.10. The molecule has 14 heavy (non-hydrogen) atoms. The maximum absolute atomic E-state index is 10.6. The van der Waals surface area contributed by atoms with Crippen molar-refractivity contribution in [1.82, 2.24) is 14.8 Å². The van der Waals surface area contributed by atoms with Gasteiger partial charge in [-0.1, -0.05) is 6.92 Å². The molecule has 0 aliphatic rings. The Hall–Kier alpha value is -1.39. The molecular weight excluding hydrogens is 180 g/mol. The first-order chi connectivity index (χ1) is 6.72. The fourth-order valence-corrected chi connectivity index (χ4v) is 1.29. The number of hydrogen-bond acceptors (Lipinski definition) is 4. The number of carbonyl (C=O) groups excluding carboxylic acids is 1. The van der Waals surface area contributed by atoms with E-state index in [9.17, 15) is 4.79 Å². The molecule has 78 valence electrons. The first-order valence-corrected chi connectivity index (χ1v) is 4.84. The van der Waals surface area contributed by atoms with Crippen molar-refractivity contribution in [2.24, 2.45) is 7.05 Å². The van der Waals surface area contributed by atoms with Gasteiger partial charge in [0.15, 0.2) is 12.1 Å². The van der Waals surface area contributed by atoms with Gasteiger partial charge in [-0.15, -0.1) is 5.10 Å². The lowest BCUT2D eigenvalue weighted by Gasteiger charge is -2.16. The van der Waals surface area contributed by atoms with Crippen molar-refractivity contribution < 1.29 is 4.79 Å². The molecule has 0 N–H and O–H groups in total. The molecule has 5 nitrogen and oxygen atoms in total. The summed E-state index contributed by atoms with van der Waals surface area (Å²) in [4.78, 5) is 16.7. The van der Waals surface area contributed by atoms with Crippen molar-refractivity contribution in [2.45, 2.75) is 20.3 Å². The molecule has 0 aromatic carbocycles. The van der Waals surface area contributed by atoms with Crippen LogP contribution in [0, 0.1) is 0 Å². The van der Waals surface area contributed by atoms with Crippen LogP contribution in [0.3, 0.4) is 0 Å². The number of nitrogens with zero attached hydrogens (tertiary/aromatic N) is 4. The van der Waals surface area contributed by atoms with E-state index in [0.29, 0.717) is 11.8 Å². The summed E-state index contributed by atoms with van der Waals surface area (Å²) in [5, 5.41) is 4.17. The van der Waals surface area contributed by atoms with Gasteiger partial charge in [0.05, 0.1) is 0 Å². The highest BCUT2D eigenvalue weighted by Gasteiger charge is 2.11. The van der Waals surface area contributed by atoms with Gasteiger partial charge in [-0.3, -0.25) is 4.79 Å². The first kappa shape index (κ1) is 10.7. The fourth-order valence-electron chi connectivity index (χ4n) is 1.29. The van der Waals surface area contributed by atoms with Gasteiger partial charge in [-0.05, 0) is 13.3 Å². The lowest BCUT2D eigenvalue weighted by molar-refractivity contribution is 0.111. The zero-order chi connectivity index (χ0) is 10.6. The van der Waals surface area contributed by atoms with E-state index < -0.39 is 0 Å². The molecule has 1 aromatic heterocycles. The molecule has 0 radical (unpaired) electrons. The number of anilines is 1. The lowest BCUT2D eigenvalue weighted by atomic mass is 10.4. The molecule has 0 spiro atoms. The topological polar surface area (TPSA) is 51.0 Å². The van der Waals surface area contributed by atoms with Gasteiger partial charge < -0.3 is 4.90 Å². The number of rotatable bonds is 5. The number of hydrogen-bond donors (Lipinski definition) is 0. The number of aryl methyl sites for hydroxylation is 1. The van der Waals surface area contributed by atoms with Gasteiger partial charge in [-0.25, -0.2) is 4.68 Å². The van der Waals surface area contributed by atoms with Gasteiger partial charge in [0.25, 0.3) is 0 Å². The molecular formula is C9H16N4O. The normalized spacial score (nSPS) is 10.2. The molecule has 0 fully saturated rings. The second-order valence-corrected chi connectivity index (χ2v) is 3.09. The summed E-state index contributed by atoms with van der Waals surface area (Å²) < 4.78 is 1.50. The van der Waals surface area contributed by atoms with Crippen molar-refractivity contribution in [2.75, 3.05) is 18.0 Å². The average Bonchev–Trinajstić information content (AvgIpc) is 2.56. The van der Waals surface area contributed by atoms with Gasteiger partial charge >= 0.3 is 0 Å². The third-order valence-corrected chi connectivity index (χ3v) is 2.05. The van der Waals surface area contributed by atoms with E-state index in [1.165, 1.54) is 4.68 Å². The predicted octanol–water partition coefficient (Wildman–Crippen LogP) is 0.864. The van der Waals surface area contributed by atoms with Crippen molar-refractivity contribution in [1.29, 1.82) is 0 Å². The van der Waals surface area contributed by atoms with E-state index in [1.54, 1.807) is 7.05 Å². The summed E-state index contributed by atoms with van der Waals surface area (Å²) in [6.45, 7) is 5.92. The van der Waals surface area contributed by atoms with Gasteiger partial charge in [0.1, 0.15) is 0 Å². The zero-order valence-corrected chi connectivity index (χ0v) is 8.90. The SMILES string of the molecule is CCCN(CC)c1nc(C=O)n(C)n1. The molecule has 0 atom stereocenters. The van der Waals surface area contributed by atoms with E-state index in [-0.39, 0.29) is 0 Å². The van der Waals surface area contributed by atoms with Crippen LogP contribution in [0.2, 0.25) is 0 Å². The Kier molecular flexibility index (Phi) is 3.62. The highest BCUT2D eigenvalue weighted by Crippen LogP contribution is 2.07. The molecule has 0 saturated carbocycles. The molecule has 5 heteroatoms. The summed E-state index contributed by atoms with van der Waals surface area (Å²) >= 11 is 0. The van der Waals surface area contributed by atoms with E-state index in [0.717, 1.165) is 25.8 Å². The van der Waals surface area contributed by atoms with Crippen LogP contribution in [-0.2, 0) is 7.05 Å². The Morgan fingerprint density at radius 3 is 2.64 bits per heavy atom. The molecule has 0 aliphatic heterocycles. The zero-order valence-electron chi connectivity index (χ0n) is 8.90. The standard InChI is InChI=1S/C9H16N4O/c1-4-6-13(5-2)9-10-8(7-14)12(3)11-9/h7H,4-6H2,1-3H3. The Labute approximate surface area is 83.7 Å². The van der Waals surface area contributed by atoms with Crippen LogP contribution >= 0.6 is 0 Å². The van der Waals surface area contributed by atoms with Crippen LogP contribution < -0.4 is 4.90 Å². The smallest absolute Gasteiger partial charge is 0.245 e. The molecule has 1 rings (SSSR count). The largest absolute Gasteiger partial charge is 0.340 e. The highest BCUT2D eigenvalue weighted by molar-refractivity contribution is 5.69. The molecule has 0 unspecified atom stereocenters. The predicted molar refractivity (Wildman–Crippen MR) is 54.6 cm³/mol. The summed E-state index contributed by atoms with van der Waals surface area (Å²) in [7, 11) is 1.72. The van der Waals surface area contributed by atoms with Crippen molar-refractivity contribution in [3.05, 3.63) is 5.82 Å². The average molecular weight is 196 g/mol. The number of carbonyl (C=O) groups is 1. The maximum Gasteiger partial charge on any atom is 0.245 e. The second kappa shape index (κ2) is 4.74. The summed E-state index contributed by atoms with van der Waals surface area (Å²) in [5.74, 6) is 1.01. The molecule has 1 heterocycles. The summed E-state index contributed by atoms with van der Waals surface area (Å²) in [6, 6.07) is 0. The minimum absolute atomic E-state index is 0.370. The Bertz CT molecular complexity index is 308. The third-order valence-electron chi connectivity index (χ3n) is 2.05. The quantitative estimate of drug-likeness (QED) is 0.655. The van der Waals surface area contributed by atoms with Crippen LogP contribution in [0.4, 0.5) is 5.95 Å². The minimum atomic E-state index is 0.370. The summed E-state index contributed by atoms with van der Waals surface area (Å²) in [6.07, 6.45) is 1.76. The first-order valence-electron chi connectivity index (χ1n) is 4.84. The van der Waals surface area contributed by atoms with E-state index >= 15 is 0 Å². The van der Waals surface area contributed by atoms with Gasteiger partial charge in [0.2, 0.25) is 5.95 Å². The minimum Gasteiger partial charge on any atom is -0.340 e. The Morgan fingerprint density at radius 2 is 2.21 bits per heavy atom. The van der Waals surface area contributed by atoms with Crippen LogP contribution in [0.25, 0.3) is 0 Å². The molecule has 1 aromatic rings. The Morgan fingerprint density at radius 1 is 1.50 bits per heavy atom. The second-order valence-electron chi connectivity index (χ2n) is 3.09. The van der Waals surface area contributed by atoms with Crippen molar-refractivity contribution in [3.8, 4) is 0 Å². The van der Waals surface area contributed by atoms with Crippen molar-refractivity contribution in [3.63, 3.8) is 0 Å². The highest BCUT2D eigenvalue weighted by atomic mass is 16.1. The molecule has 0 amide bonds. The van der Waals surface area contributed by atoms with E-state index in [4.69, 9.17) is 0 Å². The molecule has 0 bridgehead atoms. The fraction of sp³-hybridized carbons (Fsp3) is 0.667. The van der Waals surface area contributed by atoms with E-state index in [2.05, 4.69) is 17.0 Å². The van der Waals surface area contributed by atoms with Crippen LogP contribution in [0.15, 0.2) is 0 Å². The van der Waals surface area contributed by atoms with Crippen LogP contribution in [-0.4, -0.2) is 34.1 Å².